The van der Waals surface area contributed by atoms with Crippen LogP contribution in [0.1, 0.15) is 36.8 Å². The molecule has 0 amide bonds. The van der Waals surface area contributed by atoms with Gasteiger partial charge >= 0.3 is 0 Å². The smallest absolute Gasteiger partial charge is 0.213 e. The summed E-state index contributed by atoms with van der Waals surface area (Å²) in [5.41, 5.74) is 3.79. The lowest BCUT2D eigenvalue weighted by Gasteiger charge is -2.39. The minimum Gasteiger partial charge on any atom is -0.221 e. The zero-order valence-corrected chi connectivity index (χ0v) is 16.0. The van der Waals surface area contributed by atoms with Crippen molar-refractivity contribution in [3.05, 3.63) is 55.9 Å². The van der Waals surface area contributed by atoms with Crippen LogP contribution in [0.2, 0.25) is 0 Å². The molecule has 1 heterocycles. The van der Waals surface area contributed by atoms with E-state index >= 15 is 0 Å². The van der Waals surface area contributed by atoms with Crippen molar-refractivity contribution in [3.8, 4) is 0 Å². The van der Waals surface area contributed by atoms with Crippen molar-refractivity contribution in [1.82, 2.24) is 0 Å². The standard InChI is InChI=1S/C16H12Cl4O2S/c1-7(2)10-11-8-5-3-4-6-9(8)12(10)16(20)15(11,19)13(17)14(18)23(16,21)22/h3-6,11-12H,1-2H3/t11-,12-,15-,16-/m1/s1. The summed E-state index contributed by atoms with van der Waals surface area (Å²) in [4.78, 5) is -1.47. The molecule has 0 N–H and O–H groups in total. The Morgan fingerprint density at radius 2 is 1.57 bits per heavy atom. The van der Waals surface area contributed by atoms with Crippen molar-refractivity contribution >= 4 is 56.2 Å². The van der Waals surface area contributed by atoms with E-state index in [0.717, 1.165) is 22.3 Å². The van der Waals surface area contributed by atoms with Crippen LogP contribution in [0.5, 0.6) is 0 Å². The summed E-state index contributed by atoms with van der Waals surface area (Å²) in [7, 11) is -4.04. The first-order chi connectivity index (χ1) is 10.6. The van der Waals surface area contributed by atoms with E-state index in [2.05, 4.69) is 0 Å². The monoisotopic (exact) mass is 408 g/mol. The maximum absolute atomic E-state index is 13.0. The van der Waals surface area contributed by atoms with E-state index in [1.807, 2.05) is 38.1 Å². The second-order valence-corrected chi connectivity index (χ2v) is 10.9. The molecule has 1 aromatic carbocycles. The van der Waals surface area contributed by atoms with Crippen LogP contribution in [0.4, 0.5) is 0 Å². The van der Waals surface area contributed by atoms with Crippen LogP contribution in [-0.2, 0) is 9.84 Å². The minimum absolute atomic E-state index is 0.0726. The van der Waals surface area contributed by atoms with Gasteiger partial charge in [-0.25, -0.2) is 8.42 Å². The number of alkyl halides is 2. The molecular weight excluding hydrogens is 398 g/mol. The van der Waals surface area contributed by atoms with Crippen molar-refractivity contribution in [1.29, 1.82) is 0 Å². The lowest BCUT2D eigenvalue weighted by Crippen LogP contribution is -2.50. The first kappa shape index (κ1) is 16.3. The van der Waals surface area contributed by atoms with E-state index in [-0.39, 0.29) is 5.03 Å². The van der Waals surface area contributed by atoms with Gasteiger partial charge in [0, 0.05) is 11.8 Å². The van der Waals surface area contributed by atoms with Crippen LogP contribution in [0, 0.1) is 0 Å². The number of rotatable bonds is 0. The number of allylic oxidation sites excluding steroid dienone is 3. The molecule has 7 heteroatoms. The summed E-state index contributed by atoms with van der Waals surface area (Å²) in [5.74, 6) is -0.950. The minimum atomic E-state index is -4.04. The van der Waals surface area contributed by atoms with E-state index < -0.39 is 35.1 Å². The van der Waals surface area contributed by atoms with Gasteiger partial charge in [0.15, 0.2) is 8.57 Å². The van der Waals surface area contributed by atoms with E-state index in [0.29, 0.717) is 0 Å². The highest BCUT2D eigenvalue weighted by atomic mass is 35.5. The fourth-order valence-corrected chi connectivity index (χ4v) is 9.02. The largest absolute Gasteiger partial charge is 0.221 e. The van der Waals surface area contributed by atoms with Gasteiger partial charge in [-0.3, -0.25) is 0 Å². The fourth-order valence-electron chi connectivity index (χ4n) is 4.37. The third kappa shape index (κ3) is 1.45. The lowest BCUT2D eigenvalue weighted by molar-refractivity contribution is 0.530. The number of hydrogen-bond donors (Lipinski definition) is 0. The molecule has 2 bridgehead atoms. The Morgan fingerprint density at radius 3 is 2.09 bits per heavy atom. The maximum Gasteiger partial charge on any atom is 0.213 e. The molecule has 2 aliphatic carbocycles. The van der Waals surface area contributed by atoms with Crippen LogP contribution in [0.3, 0.4) is 0 Å². The molecule has 0 spiro atoms. The fraction of sp³-hybridized carbons (Fsp3) is 0.375. The second-order valence-electron chi connectivity index (χ2n) is 6.40. The highest BCUT2D eigenvalue weighted by Crippen LogP contribution is 2.78. The third-order valence-electron chi connectivity index (χ3n) is 5.20. The molecule has 122 valence electrons. The van der Waals surface area contributed by atoms with Crippen LogP contribution in [0.15, 0.2) is 44.8 Å². The first-order valence-corrected chi connectivity index (χ1v) is 10.1. The van der Waals surface area contributed by atoms with Crippen molar-refractivity contribution in [2.75, 3.05) is 0 Å². The summed E-state index contributed by atoms with van der Waals surface area (Å²) < 4.78 is 23.7. The topological polar surface area (TPSA) is 34.1 Å². The van der Waals surface area contributed by atoms with Crippen LogP contribution in [-0.4, -0.2) is 17.5 Å². The number of sulfone groups is 1. The molecule has 1 aliphatic heterocycles. The normalized spacial score (nSPS) is 39.7. The van der Waals surface area contributed by atoms with Gasteiger partial charge in [0.1, 0.15) is 4.87 Å². The molecule has 0 aromatic heterocycles. The molecule has 4 atom stereocenters. The Bertz CT molecular complexity index is 929. The van der Waals surface area contributed by atoms with E-state index in [1.165, 1.54) is 0 Å². The predicted molar refractivity (Wildman–Crippen MR) is 95.1 cm³/mol. The number of fused-ring (bicyclic) bond motifs is 8. The molecule has 3 aliphatic rings. The summed E-state index contributed by atoms with van der Waals surface area (Å²) in [6.07, 6.45) is 0. The number of halogens is 4. The molecule has 2 nitrogen and oxygen atoms in total. The van der Waals surface area contributed by atoms with Crippen LogP contribution >= 0.6 is 46.4 Å². The zero-order valence-electron chi connectivity index (χ0n) is 12.2. The predicted octanol–water partition coefficient (Wildman–Crippen LogP) is 5.21. The summed E-state index contributed by atoms with van der Waals surface area (Å²) in [6, 6.07) is 7.63. The molecule has 1 saturated carbocycles. The molecule has 0 radical (unpaired) electrons. The zero-order chi connectivity index (χ0) is 16.9. The van der Waals surface area contributed by atoms with E-state index in [1.54, 1.807) is 0 Å². The van der Waals surface area contributed by atoms with Crippen molar-refractivity contribution < 1.29 is 8.42 Å². The van der Waals surface area contributed by atoms with Crippen molar-refractivity contribution in [2.24, 2.45) is 0 Å². The number of benzene rings is 1. The molecular formula is C16H12Cl4O2S. The van der Waals surface area contributed by atoms with Gasteiger partial charge in [0.25, 0.3) is 0 Å². The Kier molecular flexibility index (Phi) is 3.19. The highest BCUT2D eigenvalue weighted by molar-refractivity contribution is 8.00. The van der Waals surface area contributed by atoms with Crippen LogP contribution in [0.25, 0.3) is 0 Å². The first-order valence-electron chi connectivity index (χ1n) is 7.06. The quantitative estimate of drug-likeness (QED) is 0.435. The van der Waals surface area contributed by atoms with E-state index in [4.69, 9.17) is 46.4 Å². The van der Waals surface area contributed by atoms with Crippen LogP contribution < -0.4 is 0 Å². The second kappa shape index (κ2) is 4.50. The van der Waals surface area contributed by atoms with Gasteiger partial charge in [-0.2, -0.15) is 0 Å². The SMILES string of the molecule is CC(C)=C1[C@H]2c3ccccc3[C@H]1[C@]1(Cl)[C@]2(Cl)C(Cl)=C(Cl)S1(=O)=O. The third-order valence-corrected chi connectivity index (χ3v) is 10.8. The molecule has 1 fully saturated rings. The summed E-state index contributed by atoms with van der Waals surface area (Å²) in [5, 5.41) is -0.0726. The summed E-state index contributed by atoms with van der Waals surface area (Å²) >= 11 is 26.1. The maximum atomic E-state index is 13.0. The lowest BCUT2D eigenvalue weighted by atomic mass is 9.82. The van der Waals surface area contributed by atoms with Gasteiger partial charge in [-0.1, -0.05) is 70.2 Å². The van der Waals surface area contributed by atoms with E-state index in [9.17, 15) is 8.42 Å². The molecule has 4 rings (SSSR count). The Labute approximate surface area is 155 Å². The van der Waals surface area contributed by atoms with Gasteiger partial charge in [-0.15, -0.1) is 11.6 Å². The van der Waals surface area contributed by atoms with Gasteiger partial charge in [0.05, 0.1) is 5.03 Å². The van der Waals surface area contributed by atoms with Crippen molar-refractivity contribution in [3.63, 3.8) is 0 Å². The Hall–Kier alpha value is -0.190. The average Bonchev–Trinajstić information content (AvgIpc) is 2.99. The van der Waals surface area contributed by atoms with Gasteiger partial charge < -0.3 is 0 Å². The molecule has 0 saturated heterocycles. The van der Waals surface area contributed by atoms with Crippen molar-refractivity contribution in [2.45, 2.75) is 34.8 Å². The Balaban J connectivity index is 2.20. The van der Waals surface area contributed by atoms with Gasteiger partial charge in [0.2, 0.25) is 9.84 Å². The summed E-state index contributed by atoms with van der Waals surface area (Å²) in [6.45, 7) is 3.88. The van der Waals surface area contributed by atoms with Gasteiger partial charge in [-0.05, 0) is 25.0 Å². The molecule has 0 unspecified atom stereocenters. The number of hydrogen-bond acceptors (Lipinski definition) is 2. The molecule has 1 aromatic rings. The molecule has 23 heavy (non-hydrogen) atoms. The average molecular weight is 410 g/mol. The highest BCUT2D eigenvalue weighted by Gasteiger charge is 2.81. The Morgan fingerprint density at radius 1 is 1.04 bits per heavy atom.